The number of ether oxygens (including phenoxy) is 2. The Morgan fingerprint density at radius 2 is 2.18 bits per heavy atom. The summed E-state index contributed by atoms with van der Waals surface area (Å²) in [6, 6.07) is -1.41. The SMILES string of the molecule is CC(C)(C)OC(=O)N[C@@H](Cc1nc(Br)cs1)C(=O)COC(=O)C1CCCNN1. The molecule has 2 heterocycles. The Kier molecular flexibility index (Phi) is 8.35. The predicted molar refractivity (Wildman–Crippen MR) is 107 cm³/mol. The third kappa shape index (κ3) is 7.82. The minimum Gasteiger partial charge on any atom is -0.456 e. The van der Waals surface area contributed by atoms with Gasteiger partial charge in [0.1, 0.15) is 22.3 Å². The summed E-state index contributed by atoms with van der Waals surface area (Å²) < 4.78 is 11.0. The molecule has 0 spiro atoms. The van der Waals surface area contributed by atoms with Crippen molar-refractivity contribution < 1.29 is 23.9 Å². The highest BCUT2D eigenvalue weighted by Crippen LogP contribution is 2.17. The summed E-state index contributed by atoms with van der Waals surface area (Å²) in [6.07, 6.45) is 0.926. The van der Waals surface area contributed by atoms with Crippen molar-refractivity contribution in [2.75, 3.05) is 13.2 Å². The maximum atomic E-state index is 12.6. The molecule has 11 heteroatoms. The molecule has 0 bridgehead atoms. The van der Waals surface area contributed by atoms with E-state index >= 15 is 0 Å². The van der Waals surface area contributed by atoms with Gasteiger partial charge in [-0.15, -0.1) is 11.3 Å². The fourth-order valence-electron chi connectivity index (χ4n) is 2.43. The average Bonchev–Trinajstić information content (AvgIpc) is 3.02. The van der Waals surface area contributed by atoms with Gasteiger partial charge in [0.25, 0.3) is 0 Å². The molecule has 1 saturated heterocycles. The normalized spacial score (nSPS) is 18.2. The number of Topliss-reactive ketones (excluding diaryl/α,β-unsaturated/α-hetero) is 1. The van der Waals surface area contributed by atoms with Crippen molar-refractivity contribution in [3.05, 3.63) is 15.0 Å². The van der Waals surface area contributed by atoms with Crippen LogP contribution < -0.4 is 16.2 Å². The second-order valence-electron chi connectivity index (χ2n) is 7.31. The van der Waals surface area contributed by atoms with Crippen LogP contribution in [0.1, 0.15) is 38.6 Å². The number of rotatable bonds is 7. The molecule has 1 amide bonds. The second-order valence-corrected chi connectivity index (χ2v) is 9.06. The third-order valence-corrected chi connectivity index (χ3v) is 5.27. The molecule has 0 aromatic carbocycles. The monoisotopic (exact) mass is 476 g/mol. The van der Waals surface area contributed by atoms with E-state index in [-0.39, 0.29) is 6.42 Å². The number of nitrogens with one attached hydrogen (secondary N) is 3. The first-order valence-electron chi connectivity index (χ1n) is 8.91. The van der Waals surface area contributed by atoms with Crippen LogP contribution in [-0.2, 0) is 25.5 Å². The van der Waals surface area contributed by atoms with Crippen LogP contribution in [0, 0.1) is 0 Å². The van der Waals surface area contributed by atoms with E-state index in [1.165, 1.54) is 11.3 Å². The lowest BCUT2D eigenvalue weighted by atomic mass is 10.1. The molecule has 0 saturated carbocycles. The Balaban J connectivity index is 1.96. The Hall–Kier alpha value is -1.56. The molecule has 2 rings (SSSR count). The highest BCUT2D eigenvalue weighted by molar-refractivity contribution is 9.10. The van der Waals surface area contributed by atoms with E-state index in [0.29, 0.717) is 16.0 Å². The first-order chi connectivity index (χ1) is 13.1. The van der Waals surface area contributed by atoms with Crippen molar-refractivity contribution in [3.63, 3.8) is 0 Å². The van der Waals surface area contributed by atoms with Gasteiger partial charge in [-0.25, -0.2) is 15.2 Å². The van der Waals surface area contributed by atoms with Crippen LogP contribution in [-0.4, -0.2) is 53.7 Å². The van der Waals surface area contributed by atoms with Gasteiger partial charge in [0, 0.05) is 18.3 Å². The first kappa shape index (κ1) is 22.7. The van der Waals surface area contributed by atoms with E-state index in [2.05, 4.69) is 37.1 Å². The quantitative estimate of drug-likeness (QED) is 0.508. The van der Waals surface area contributed by atoms with E-state index in [0.717, 1.165) is 13.0 Å². The fraction of sp³-hybridized carbons (Fsp3) is 0.647. The van der Waals surface area contributed by atoms with E-state index in [9.17, 15) is 14.4 Å². The summed E-state index contributed by atoms with van der Waals surface area (Å²) in [5.74, 6) is -0.942. The van der Waals surface area contributed by atoms with Crippen molar-refractivity contribution in [2.24, 2.45) is 0 Å². The van der Waals surface area contributed by atoms with Gasteiger partial charge < -0.3 is 14.8 Å². The van der Waals surface area contributed by atoms with Crippen LogP contribution in [0.5, 0.6) is 0 Å². The Bertz CT molecular complexity index is 700. The van der Waals surface area contributed by atoms with Gasteiger partial charge >= 0.3 is 12.1 Å². The second kappa shape index (κ2) is 10.3. The molecule has 0 radical (unpaired) electrons. The summed E-state index contributed by atoms with van der Waals surface area (Å²) in [7, 11) is 0. The van der Waals surface area contributed by atoms with Gasteiger partial charge in [0.2, 0.25) is 0 Å². The molecule has 156 valence electrons. The molecule has 1 aromatic rings. The molecule has 2 atom stereocenters. The number of alkyl carbamates (subject to hydrolysis) is 1. The molecule has 1 unspecified atom stereocenters. The smallest absolute Gasteiger partial charge is 0.408 e. The van der Waals surface area contributed by atoms with Crippen molar-refractivity contribution in [1.82, 2.24) is 21.2 Å². The predicted octanol–water partition coefficient (Wildman–Crippen LogP) is 1.71. The number of carbonyl (C=O) groups is 3. The lowest BCUT2D eigenvalue weighted by Crippen LogP contribution is -2.51. The molecule has 1 fully saturated rings. The van der Waals surface area contributed by atoms with E-state index in [4.69, 9.17) is 9.47 Å². The number of thiazole rings is 1. The number of aromatic nitrogens is 1. The fourth-order valence-corrected chi connectivity index (χ4v) is 3.75. The summed E-state index contributed by atoms with van der Waals surface area (Å²) in [4.78, 5) is 41.1. The van der Waals surface area contributed by atoms with Crippen molar-refractivity contribution in [2.45, 2.75) is 57.7 Å². The molecule has 1 aromatic heterocycles. The highest BCUT2D eigenvalue weighted by atomic mass is 79.9. The van der Waals surface area contributed by atoms with Gasteiger partial charge in [-0.1, -0.05) is 0 Å². The number of esters is 1. The van der Waals surface area contributed by atoms with E-state index in [1.807, 2.05) is 0 Å². The van der Waals surface area contributed by atoms with Crippen LogP contribution in [0.3, 0.4) is 0 Å². The lowest BCUT2D eigenvalue weighted by Gasteiger charge is -2.24. The molecule has 0 aliphatic carbocycles. The number of hydrogen-bond acceptors (Lipinski definition) is 9. The largest absolute Gasteiger partial charge is 0.456 e. The van der Waals surface area contributed by atoms with Crippen molar-refractivity contribution in [1.29, 1.82) is 0 Å². The summed E-state index contributed by atoms with van der Waals surface area (Å²) in [6.45, 7) is 5.52. The van der Waals surface area contributed by atoms with Crippen LogP contribution in [0.15, 0.2) is 9.98 Å². The molecule has 1 aliphatic heterocycles. The number of hydrazine groups is 1. The molecule has 9 nitrogen and oxygen atoms in total. The maximum absolute atomic E-state index is 12.6. The minimum absolute atomic E-state index is 0.176. The number of amides is 1. The zero-order valence-corrected chi connectivity index (χ0v) is 18.4. The standard InChI is InChI=1S/C17H25BrN4O5S/c1-17(2,3)27-16(25)20-11(7-14-21-13(18)9-28-14)12(23)8-26-15(24)10-5-4-6-19-22-10/h9-11,19,22H,4-8H2,1-3H3,(H,20,25)/t10?,11-/m0/s1. The van der Waals surface area contributed by atoms with Gasteiger partial charge in [-0.3, -0.25) is 15.0 Å². The Morgan fingerprint density at radius 1 is 1.43 bits per heavy atom. The highest BCUT2D eigenvalue weighted by Gasteiger charge is 2.28. The maximum Gasteiger partial charge on any atom is 0.408 e. The number of ketones is 1. The Morgan fingerprint density at radius 3 is 2.75 bits per heavy atom. The van der Waals surface area contributed by atoms with Gasteiger partial charge in [0.15, 0.2) is 12.4 Å². The topological polar surface area (TPSA) is 119 Å². The molecular formula is C17H25BrN4O5S. The van der Waals surface area contributed by atoms with E-state index in [1.54, 1.807) is 26.2 Å². The van der Waals surface area contributed by atoms with E-state index < -0.39 is 42.1 Å². The van der Waals surface area contributed by atoms with Crippen LogP contribution in [0.4, 0.5) is 4.79 Å². The van der Waals surface area contributed by atoms with Gasteiger partial charge in [0.05, 0.1) is 5.01 Å². The van der Waals surface area contributed by atoms with Crippen molar-refractivity contribution in [3.8, 4) is 0 Å². The van der Waals surface area contributed by atoms with Gasteiger partial charge in [-0.2, -0.15) is 0 Å². The lowest BCUT2D eigenvalue weighted by molar-refractivity contribution is -0.151. The molecule has 3 N–H and O–H groups in total. The average molecular weight is 477 g/mol. The zero-order chi connectivity index (χ0) is 20.7. The molecule has 28 heavy (non-hydrogen) atoms. The van der Waals surface area contributed by atoms with Crippen LogP contribution in [0.25, 0.3) is 0 Å². The third-order valence-electron chi connectivity index (χ3n) is 3.69. The summed E-state index contributed by atoms with van der Waals surface area (Å²) in [5.41, 5.74) is 5.02. The van der Waals surface area contributed by atoms with Crippen LogP contribution >= 0.6 is 27.3 Å². The van der Waals surface area contributed by atoms with Crippen molar-refractivity contribution >= 4 is 45.1 Å². The summed E-state index contributed by atoms with van der Waals surface area (Å²) >= 11 is 4.62. The molecular weight excluding hydrogens is 452 g/mol. The zero-order valence-electron chi connectivity index (χ0n) is 16.0. The van der Waals surface area contributed by atoms with Crippen LogP contribution in [0.2, 0.25) is 0 Å². The Labute approximate surface area is 176 Å². The first-order valence-corrected chi connectivity index (χ1v) is 10.6. The minimum atomic E-state index is -0.918. The summed E-state index contributed by atoms with van der Waals surface area (Å²) in [5, 5.41) is 5.00. The number of halogens is 1. The molecule has 1 aliphatic rings. The number of carbonyl (C=O) groups excluding carboxylic acids is 3. The van der Waals surface area contributed by atoms with Gasteiger partial charge in [-0.05, 0) is 49.5 Å². The number of nitrogens with zero attached hydrogens (tertiary/aromatic N) is 1. The number of hydrogen-bond donors (Lipinski definition) is 3.